The minimum absolute atomic E-state index is 0.281. The maximum absolute atomic E-state index is 10.9. The molecule has 3 nitrogen and oxygen atoms in total. The van der Waals surface area contributed by atoms with Crippen molar-refractivity contribution in [3.8, 4) is 5.75 Å². The molecule has 2 rings (SSSR count). The molecule has 0 fully saturated rings. The van der Waals surface area contributed by atoms with E-state index in [2.05, 4.69) is 6.58 Å². The molecule has 74 valence electrons. The van der Waals surface area contributed by atoms with Gasteiger partial charge in [0.25, 0.3) is 0 Å². The standard InChI is InChI=1S/C10H10O3S/c1-6-3-2-4-13-8-7(6)5-14-9(8)10(11)12/h5H,1-4H2,(H,11,12). The summed E-state index contributed by atoms with van der Waals surface area (Å²) in [7, 11) is 0. The summed E-state index contributed by atoms with van der Waals surface area (Å²) in [5.41, 5.74) is 1.84. The van der Waals surface area contributed by atoms with Crippen LogP contribution in [0.25, 0.3) is 5.57 Å². The highest BCUT2D eigenvalue weighted by Crippen LogP contribution is 2.38. The lowest BCUT2D eigenvalue weighted by atomic mass is 10.1. The van der Waals surface area contributed by atoms with Crippen LogP contribution in [-0.2, 0) is 0 Å². The van der Waals surface area contributed by atoms with Crippen molar-refractivity contribution in [3.05, 3.63) is 22.4 Å². The Kier molecular flexibility index (Phi) is 2.29. The summed E-state index contributed by atoms with van der Waals surface area (Å²) in [5.74, 6) is -0.420. The molecule has 14 heavy (non-hydrogen) atoms. The Hall–Kier alpha value is -1.29. The zero-order valence-electron chi connectivity index (χ0n) is 7.58. The molecule has 0 unspecified atom stereocenters. The highest BCUT2D eigenvalue weighted by atomic mass is 32.1. The Labute approximate surface area is 85.6 Å². The number of carboxylic acid groups (broad SMARTS) is 1. The van der Waals surface area contributed by atoms with Gasteiger partial charge in [-0.05, 0) is 18.4 Å². The van der Waals surface area contributed by atoms with Crippen molar-refractivity contribution in [1.29, 1.82) is 0 Å². The molecule has 0 saturated heterocycles. The van der Waals surface area contributed by atoms with E-state index in [1.54, 1.807) is 0 Å². The maximum Gasteiger partial charge on any atom is 0.349 e. The topological polar surface area (TPSA) is 46.5 Å². The zero-order chi connectivity index (χ0) is 10.1. The molecule has 0 bridgehead atoms. The summed E-state index contributed by atoms with van der Waals surface area (Å²) in [4.78, 5) is 11.1. The summed E-state index contributed by atoms with van der Waals surface area (Å²) in [6.07, 6.45) is 1.78. The van der Waals surface area contributed by atoms with Crippen LogP contribution in [0.15, 0.2) is 12.0 Å². The molecule has 4 heteroatoms. The van der Waals surface area contributed by atoms with Crippen LogP contribution in [0.5, 0.6) is 5.75 Å². The third kappa shape index (κ3) is 1.42. The highest BCUT2D eigenvalue weighted by molar-refractivity contribution is 7.12. The van der Waals surface area contributed by atoms with E-state index in [4.69, 9.17) is 9.84 Å². The summed E-state index contributed by atoms with van der Waals surface area (Å²) in [6, 6.07) is 0. The molecule has 1 aliphatic rings. The van der Waals surface area contributed by atoms with Crippen molar-refractivity contribution in [2.24, 2.45) is 0 Å². The Morgan fingerprint density at radius 2 is 2.43 bits per heavy atom. The number of hydrogen-bond acceptors (Lipinski definition) is 3. The second-order valence-electron chi connectivity index (χ2n) is 3.17. The van der Waals surface area contributed by atoms with Crippen molar-refractivity contribution < 1.29 is 14.6 Å². The molecule has 0 amide bonds. The maximum atomic E-state index is 10.9. The molecule has 1 aromatic rings. The molecule has 0 aliphatic carbocycles. The highest BCUT2D eigenvalue weighted by Gasteiger charge is 2.22. The van der Waals surface area contributed by atoms with E-state index >= 15 is 0 Å². The molecule has 1 aliphatic heterocycles. The largest absolute Gasteiger partial charge is 0.491 e. The van der Waals surface area contributed by atoms with Gasteiger partial charge in [0.2, 0.25) is 0 Å². The van der Waals surface area contributed by atoms with E-state index in [0.29, 0.717) is 12.4 Å². The Balaban J connectivity index is 2.50. The predicted molar refractivity (Wildman–Crippen MR) is 55.0 cm³/mol. The Morgan fingerprint density at radius 3 is 3.14 bits per heavy atom. The number of carboxylic acids is 1. The van der Waals surface area contributed by atoms with Crippen molar-refractivity contribution in [2.75, 3.05) is 6.61 Å². The molecule has 0 atom stereocenters. The predicted octanol–water partition coefficient (Wildman–Crippen LogP) is 2.63. The van der Waals surface area contributed by atoms with Gasteiger partial charge in [0.05, 0.1) is 6.61 Å². The lowest BCUT2D eigenvalue weighted by Gasteiger charge is -2.02. The molecule has 1 aromatic heterocycles. The monoisotopic (exact) mass is 210 g/mol. The van der Waals surface area contributed by atoms with Gasteiger partial charge in [-0.2, -0.15) is 0 Å². The van der Waals surface area contributed by atoms with Gasteiger partial charge in [-0.25, -0.2) is 4.79 Å². The Bertz CT molecular complexity index is 392. The smallest absolute Gasteiger partial charge is 0.349 e. The van der Waals surface area contributed by atoms with Gasteiger partial charge in [0, 0.05) is 10.9 Å². The lowest BCUT2D eigenvalue weighted by Crippen LogP contribution is -2.00. The van der Waals surface area contributed by atoms with Crippen LogP contribution >= 0.6 is 11.3 Å². The molecule has 1 N–H and O–H groups in total. The number of fused-ring (bicyclic) bond motifs is 1. The Morgan fingerprint density at radius 1 is 1.64 bits per heavy atom. The normalized spacial score (nSPS) is 15.6. The number of carbonyl (C=O) groups is 1. The van der Waals surface area contributed by atoms with E-state index in [9.17, 15) is 4.79 Å². The fourth-order valence-corrected chi connectivity index (χ4v) is 2.36. The van der Waals surface area contributed by atoms with Crippen LogP contribution in [0.2, 0.25) is 0 Å². The average Bonchev–Trinajstić information content (AvgIpc) is 2.48. The van der Waals surface area contributed by atoms with Crippen LogP contribution < -0.4 is 4.74 Å². The van der Waals surface area contributed by atoms with Gasteiger partial charge in [-0.3, -0.25) is 0 Å². The van der Waals surface area contributed by atoms with Crippen LogP contribution in [0, 0.1) is 0 Å². The second-order valence-corrected chi connectivity index (χ2v) is 4.05. The molecule has 0 saturated carbocycles. The number of hydrogen-bond donors (Lipinski definition) is 1. The van der Waals surface area contributed by atoms with Gasteiger partial charge in [-0.15, -0.1) is 11.3 Å². The first kappa shape index (κ1) is 9.27. The number of rotatable bonds is 1. The minimum atomic E-state index is -0.925. The summed E-state index contributed by atoms with van der Waals surface area (Å²) in [5, 5.41) is 10.7. The van der Waals surface area contributed by atoms with Crippen LogP contribution in [0.1, 0.15) is 28.1 Å². The van der Waals surface area contributed by atoms with Crippen LogP contribution in [0.3, 0.4) is 0 Å². The van der Waals surface area contributed by atoms with E-state index in [1.807, 2.05) is 5.38 Å². The first-order valence-electron chi connectivity index (χ1n) is 4.36. The second kappa shape index (κ2) is 3.46. The SMILES string of the molecule is C=C1CCCOc2c1csc2C(=O)O. The van der Waals surface area contributed by atoms with Crippen molar-refractivity contribution in [1.82, 2.24) is 0 Å². The fraction of sp³-hybridized carbons (Fsp3) is 0.300. The summed E-state index contributed by atoms with van der Waals surface area (Å²) < 4.78 is 5.42. The lowest BCUT2D eigenvalue weighted by molar-refractivity contribution is 0.0698. The van der Waals surface area contributed by atoms with Crippen molar-refractivity contribution in [2.45, 2.75) is 12.8 Å². The third-order valence-corrected chi connectivity index (χ3v) is 3.14. The number of thiophene rings is 1. The third-order valence-electron chi connectivity index (χ3n) is 2.19. The first-order valence-corrected chi connectivity index (χ1v) is 5.24. The molecule has 2 heterocycles. The molecule has 0 aromatic carbocycles. The number of aromatic carboxylic acids is 1. The van der Waals surface area contributed by atoms with E-state index in [0.717, 1.165) is 24.0 Å². The van der Waals surface area contributed by atoms with Crippen LogP contribution in [0.4, 0.5) is 0 Å². The van der Waals surface area contributed by atoms with Gasteiger partial charge in [0.1, 0.15) is 0 Å². The van der Waals surface area contributed by atoms with Crippen LogP contribution in [-0.4, -0.2) is 17.7 Å². The molecule has 0 radical (unpaired) electrons. The van der Waals surface area contributed by atoms with Gasteiger partial charge in [0.15, 0.2) is 10.6 Å². The van der Waals surface area contributed by atoms with Gasteiger partial charge >= 0.3 is 5.97 Å². The minimum Gasteiger partial charge on any atom is -0.491 e. The molecular formula is C10H10O3S. The fourth-order valence-electron chi connectivity index (χ4n) is 1.48. The molecule has 0 spiro atoms. The quantitative estimate of drug-likeness (QED) is 0.775. The average molecular weight is 210 g/mol. The van der Waals surface area contributed by atoms with E-state index in [-0.39, 0.29) is 4.88 Å². The van der Waals surface area contributed by atoms with Gasteiger partial charge in [-0.1, -0.05) is 6.58 Å². The first-order chi connectivity index (χ1) is 6.70. The zero-order valence-corrected chi connectivity index (χ0v) is 8.39. The molecular weight excluding hydrogens is 200 g/mol. The van der Waals surface area contributed by atoms with Crippen molar-refractivity contribution in [3.63, 3.8) is 0 Å². The van der Waals surface area contributed by atoms with E-state index in [1.165, 1.54) is 11.3 Å². The number of ether oxygens (including phenoxy) is 1. The summed E-state index contributed by atoms with van der Waals surface area (Å²) >= 11 is 1.20. The van der Waals surface area contributed by atoms with E-state index < -0.39 is 5.97 Å². The van der Waals surface area contributed by atoms with Gasteiger partial charge < -0.3 is 9.84 Å². The summed E-state index contributed by atoms with van der Waals surface area (Å²) in [6.45, 7) is 4.49. The number of allylic oxidation sites excluding steroid dienone is 1. The van der Waals surface area contributed by atoms with Crippen molar-refractivity contribution >= 4 is 22.9 Å².